The lowest BCUT2D eigenvalue weighted by molar-refractivity contribution is -0.144. The third-order valence-corrected chi connectivity index (χ3v) is 3.50. The van der Waals surface area contributed by atoms with Gasteiger partial charge in [0.1, 0.15) is 18.0 Å². The van der Waals surface area contributed by atoms with Gasteiger partial charge in [-0.2, -0.15) is 0 Å². The number of hydrogen-bond acceptors (Lipinski definition) is 4. The molecule has 108 valence electrons. The second-order valence-electron chi connectivity index (χ2n) is 5.10. The van der Waals surface area contributed by atoms with Gasteiger partial charge in [-0.3, -0.25) is 4.79 Å². The zero-order valence-corrected chi connectivity index (χ0v) is 12.0. The van der Waals surface area contributed by atoms with Gasteiger partial charge in [-0.05, 0) is 31.5 Å². The van der Waals surface area contributed by atoms with Crippen LogP contribution in [0.25, 0.3) is 11.0 Å². The summed E-state index contributed by atoms with van der Waals surface area (Å²) in [4.78, 5) is 11.9. The molecule has 0 aliphatic carbocycles. The molecule has 3 rings (SSSR count). The van der Waals surface area contributed by atoms with Crippen molar-refractivity contribution in [3.63, 3.8) is 0 Å². The molecule has 0 unspecified atom stereocenters. The molecule has 0 saturated heterocycles. The Labute approximate surface area is 122 Å². The Bertz CT molecular complexity index is 779. The average molecular weight is 284 g/mol. The number of benzene rings is 1. The van der Waals surface area contributed by atoms with Crippen molar-refractivity contribution < 1.29 is 18.4 Å². The smallest absolute Gasteiger partial charge is 0.310 e. The summed E-state index contributed by atoms with van der Waals surface area (Å²) in [5.41, 5.74) is 3.65. The fourth-order valence-electron chi connectivity index (χ4n) is 2.25. The van der Waals surface area contributed by atoms with Crippen molar-refractivity contribution in [2.24, 2.45) is 0 Å². The molecular weight excluding hydrogens is 268 g/mol. The standard InChI is InChI=1S/C17H16O4/c1-11-3-4-15-14(10-20-16(15)7-11)8-17(18)21-9-13-5-6-19-12(13)2/h3-7,10H,8-9H2,1-2H3. The van der Waals surface area contributed by atoms with Crippen molar-refractivity contribution in [1.29, 1.82) is 0 Å². The van der Waals surface area contributed by atoms with Crippen molar-refractivity contribution >= 4 is 16.9 Å². The van der Waals surface area contributed by atoms with Crippen molar-refractivity contribution in [2.75, 3.05) is 0 Å². The summed E-state index contributed by atoms with van der Waals surface area (Å²) < 4.78 is 15.9. The lowest BCUT2D eigenvalue weighted by atomic mass is 10.1. The van der Waals surface area contributed by atoms with E-state index in [1.165, 1.54) is 0 Å². The number of hydrogen-bond donors (Lipinski definition) is 0. The van der Waals surface area contributed by atoms with E-state index in [0.717, 1.165) is 33.4 Å². The van der Waals surface area contributed by atoms with Crippen molar-refractivity contribution in [2.45, 2.75) is 26.9 Å². The Hall–Kier alpha value is -2.49. The molecule has 0 amide bonds. The Balaban J connectivity index is 1.67. The predicted octanol–water partition coefficient (Wildman–Crippen LogP) is 3.93. The first-order valence-corrected chi connectivity index (χ1v) is 6.79. The molecular formula is C17H16O4. The highest BCUT2D eigenvalue weighted by atomic mass is 16.5. The average Bonchev–Trinajstić information content (AvgIpc) is 3.03. The van der Waals surface area contributed by atoms with E-state index >= 15 is 0 Å². The quantitative estimate of drug-likeness (QED) is 0.681. The van der Waals surface area contributed by atoms with Crippen molar-refractivity contribution in [1.82, 2.24) is 0 Å². The van der Waals surface area contributed by atoms with Gasteiger partial charge in [0.25, 0.3) is 0 Å². The maximum atomic E-state index is 11.9. The molecule has 0 bridgehead atoms. The lowest BCUT2D eigenvalue weighted by Gasteiger charge is -2.03. The Kier molecular flexibility index (Phi) is 3.52. The van der Waals surface area contributed by atoms with E-state index in [4.69, 9.17) is 13.6 Å². The van der Waals surface area contributed by atoms with Crippen LogP contribution < -0.4 is 0 Å². The second-order valence-corrected chi connectivity index (χ2v) is 5.10. The second kappa shape index (κ2) is 5.48. The summed E-state index contributed by atoms with van der Waals surface area (Å²) in [6.07, 6.45) is 3.41. The normalized spacial score (nSPS) is 11.0. The number of fused-ring (bicyclic) bond motifs is 1. The highest BCUT2D eigenvalue weighted by Gasteiger charge is 2.12. The zero-order valence-electron chi connectivity index (χ0n) is 12.0. The van der Waals surface area contributed by atoms with E-state index in [9.17, 15) is 4.79 Å². The van der Waals surface area contributed by atoms with Crippen molar-refractivity contribution in [3.8, 4) is 0 Å². The molecule has 1 aromatic carbocycles. The monoisotopic (exact) mass is 284 g/mol. The maximum Gasteiger partial charge on any atom is 0.310 e. The molecule has 0 aliphatic rings. The van der Waals surface area contributed by atoms with Gasteiger partial charge in [0.2, 0.25) is 0 Å². The fourth-order valence-corrected chi connectivity index (χ4v) is 2.25. The topological polar surface area (TPSA) is 52.6 Å². The molecule has 0 N–H and O–H groups in total. The first-order chi connectivity index (χ1) is 10.1. The molecule has 0 saturated carbocycles. The van der Waals surface area contributed by atoms with Crippen LogP contribution in [0.5, 0.6) is 0 Å². The molecule has 0 atom stereocenters. The Morgan fingerprint density at radius 1 is 1.14 bits per heavy atom. The number of aryl methyl sites for hydroxylation is 2. The highest BCUT2D eigenvalue weighted by molar-refractivity contribution is 5.86. The molecule has 2 heterocycles. The highest BCUT2D eigenvalue weighted by Crippen LogP contribution is 2.23. The molecule has 2 aromatic heterocycles. The first-order valence-electron chi connectivity index (χ1n) is 6.79. The largest absolute Gasteiger partial charge is 0.469 e. The minimum Gasteiger partial charge on any atom is -0.469 e. The lowest BCUT2D eigenvalue weighted by Crippen LogP contribution is -2.07. The van der Waals surface area contributed by atoms with Crippen LogP contribution in [-0.2, 0) is 22.6 Å². The summed E-state index contributed by atoms with van der Waals surface area (Å²) in [6.45, 7) is 4.08. The first kappa shape index (κ1) is 13.5. The third-order valence-electron chi connectivity index (χ3n) is 3.50. The van der Waals surface area contributed by atoms with E-state index in [-0.39, 0.29) is 19.0 Å². The van der Waals surface area contributed by atoms with Gasteiger partial charge in [0.15, 0.2) is 0 Å². The number of esters is 1. The molecule has 3 aromatic rings. The van der Waals surface area contributed by atoms with E-state index in [0.29, 0.717) is 0 Å². The summed E-state index contributed by atoms with van der Waals surface area (Å²) in [5.74, 6) is 0.492. The molecule has 21 heavy (non-hydrogen) atoms. The van der Waals surface area contributed by atoms with E-state index in [2.05, 4.69) is 0 Å². The van der Waals surface area contributed by atoms with Gasteiger partial charge in [0, 0.05) is 16.5 Å². The number of rotatable bonds is 4. The minimum absolute atomic E-state index is 0.201. The molecule has 0 fully saturated rings. The van der Waals surface area contributed by atoms with Crippen LogP contribution in [0.2, 0.25) is 0 Å². The molecule has 4 heteroatoms. The van der Waals surface area contributed by atoms with Crippen LogP contribution in [-0.4, -0.2) is 5.97 Å². The molecule has 0 spiro atoms. The third kappa shape index (κ3) is 2.84. The van der Waals surface area contributed by atoms with Gasteiger partial charge >= 0.3 is 5.97 Å². The summed E-state index contributed by atoms with van der Waals surface area (Å²) in [5, 5.41) is 0.956. The van der Waals surface area contributed by atoms with Gasteiger partial charge < -0.3 is 13.6 Å². The van der Waals surface area contributed by atoms with Crippen LogP contribution in [0.3, 0.4) is 0 Å². The summed E-state index contributed by atoms with van der Waals surface area (Å²) in [6, 6.07) is 7.73. The van der Waals surface area contributed by atoms with E-state index in [1.807, 2.05) is 32.0 Å². The van der Waals surface area contributed by atoms with Crippen LogP contribution in [0, 0.1) is 13.8 Å². The van der Waals surface area contributed by atoms with Crippen LogP contribution >= 0.6 is 0 Å². The van der Waals surface area contributed by atoms with Crippen LogP contribution in [0.15, 0.2) is 45.6 Å². The maximum absolute atomic E-state index is 11.9. The number of ether oxygens (including phenoxy) is 1. The molecule has 4 nitrogen and oxygen atoms in total. The van der Waals surface area contributed by atoms with E-state index < -0.39 is 0 Å². The number of carbonyl (C=O) groups excluding carboxylic acids is 1. The van der Waals surface area contributed by atoms with Gasteiger partial charge in [0.05, 0.1) is 18.9 Å². The summed E-state index contributed by atoms with van der Waals surface area (Å²) in [7, 11) is 0. The van der Waals surface area contributed by atoms with E-state index in [1.54, 1.807) is 18.6 Å². The van der Waals surface area contributed by atoms with Gasteiger partial charge in [-0.1, -0.05) is 12.1 Å². The number of carbonyl (C=O) groups is 1. The Morgan fingerprint density at radius 3 is 2.76 bits per heavy atom. The molecule has 0 aliphatic heterocycles. The van der Waals surface area contributed by atoms with Gasteiger partial charge in [-0.25, -0.2) is 0 Å². The fraction of sp³-hybridized carbons (Fsp3) is 0.235. The van der Waals surface area contributed by atoms with Crippen LogP contribution in [0.4, 0.5) is 0 Å². The summed E-state index contributed by atoms with van der Waals surface area (Å²) >= 11 is 0. The van der Waals surface area contributed by atoms with Crippen molar-refractivity contribution in [3.05, 3.63) is 59.2 Å². The Morgan fingerprint density at radius 2 is 2.00 bits per heavy atom. The zero-order chi connectivity index (χ0) is 14.8. The predicted molar refractivity (Wildman–Crippen MR) is 77.9 cm³/mol. The molecule has 0 radical (unpaired) electrons. The minimum atomic E-state index is -0.279. The van der Waals surface area contributed by atoms with Crippen LogP contribution in [0.1, 0.15) is 22.5 Å². The SMILES string of the molecule is Cc1ccc2c(CC(=O)OCc3ccoc3C)coc2c1. The number of furan rings is 2. The van der Waals surface area contributed by atoms with Gasteiger partial charge in [-0.15, -0.1) is 0 Å².